The Morgan fingerprint density at radius 3 is 2.81 bits per heavy atom. The number of nitrogens with one attached hydrogen (secondary N) is 1. The molecule has 5 nitrogen and oxygen atoms in total. The Bertz CT molecular complexity index is 901. The highest BCUT2D eigenvalue weighted by Gasteiger charge is 2.25. The fourth-order valence-electron chi connectivity index (χ4n) is 3.50. The van der Waals surface area contributed by atoms with Crippen LogP contribution < -0.4 is 0 Å². The topological polar surface area (TPSA) is 58.2 Å². The van der Waals surface area contributed by atoms with Crippen molar-refractivity contribution in [2.45, 2.75) is 12.3 Å². The SMILES string of the molecule is O=C(CC(c1ccc(Cl)nc1)c1c[nH]c2ccccc12)N1CCOCC1. The number of para-hydroxylation sites is 1. The molecule has 0 aliphatic carbocycles. The van der Waals surface area contributed by atoms with Crippen LogP contribution in [0.1, 0.15) is 23.5 Å². The highest BCUT2D eigenvalue weighted by molar-refractivity contribution is 6.29. The first-order chi connectivity index (χ1) is 12.7. The van der Waals surface area contributed by atoms with Gasteiger partial charge in [-0.15, -0.1) is 0 Å². The summed E-state index contributed by atoms with van der Waals surface area (Å²) < 4.78 is 5.36. The van der Waals surface area contributed by atoms with E-state index in [4.69, 9.17) is 16.3 Å². The van der Waals surface area contributed by atoms with E-state index in [0.29, 0.717) is 37.9 Å². The maximum absolute atomic E-state index is 12.9. The molecule has 0 spiro atoms. The Hall–Kier alpha value is -2.37. The zero-order chi connectivity index (χ0) is 17.9. The summed E-state index contributed by atoms with van der Waals surface area (Å²) in [7, 11) is 0. The maximum Gasteiger partial charge on any atom is 0.223 e. The van der Waals surface area contributed by atoms with Gasteiger partial charge in [0.2, 0.25) is 5.91 Å². The van der Waals surface area contributed by atoms with Crippen molar-refractivity contribution in [3.8, 4) is 0 Å². The van der Waals surface area contributed by atoms with Gasteiger partial charge in [0.25, 0.3) is 0 Å². The molecule has 1 unspecified atom stereocenters. The molecule has 1 N–H and O–H groups in total. The van der Waals surface area contributed by atoms with Gasteiger partial charge in [0.15, 0.2) is 0 Å². The lowest BCUT2D eigenvalue weighted by Crippen LogP contribution is -2.41. The van der Waals surface area contributed by atoms with Gasteiger partial charge in [-0.25, -0.2) is 4.98 Å². The van der Waals surface area contributed by atoms with E-state index in [0.717, 1.165) is 22.0 Å². The molecule has 1 saturated heterocycles. The molecule has 134 valence electrons. The minimum Gasteiger partial charge on any atom is -0.378 e. The molecular weight excluding hydrogens is 350 g/mol. The minimum atomic E-state index is -0.0775. The van der Waals surface area contributed by atoms with Crippen LogP contribution in [0.5, 0.6) is 0 Å². The Morgan fingerprint density at radius 1 is 1.23 bits per heavy atom. The van der Waals surface area contributed by atoms with Gasteiger partial charge in [-0.1, -0.05) is 35.9 Å². The molecule has 0 bridgehead atoms. The van der Waals surface area contributed by atoms with Crippen LogP contribution in [0.15, 0.2) is 48.8 Å². The number of hydrogen-bond donors (Lipinski definition) is 1. The molecule has 1 aliphatic rings. The number of H-pyrrole nitrogens is 1. The number of halogens is 1. The van der Waals surface area contributed by atoms with E-state index in [2.05, 4.69) is 16.0 Å². The molecule has 26 heavy (non-hydrogen) atoms. The van der Waals surface area contributed by atoms with Crippen molar-refractivity contribution in [1.82, 2.24) is 14.9 Å². The van der Waals surface area contributed by atoms with Gasteiger partial charge >= 0.3 is 0 Å². The van der Waals surface area contributed by atoms with E-state index < -0.39 is 0 Å². The van der Waals surface area contributed by atoms with Crippen molar-refractivity contribution in [2.75, 3.05) is 26.3 Å². The van der Waals surface area contributed by atoms with Crippen molar-refractivity contribution >= 4 is 28.4 Å². The summed E-state index contributed by atoms with van der Waals surface area (Å²) >= 11 is 5.96. The smallest absolute Gasteiger partial charge is 0.223 e. The fraction of sp³-hybridized carbons (Fsp3) is 0.300. The predicted octanol–water partition coefficient (Wildman–Crippen LogP) is 3.60. The van der Waals surface area contributed by atoms with Crippen molar-refractivity contribution in [3.63, 3.8) is 0 Å². The summed E-state index contributed by atoms with van der Waals surface area (Å²) in [6, 6.07) is 11.9. The lowest BCUT2D eigenvalue weighted by atomic mass is 9.88. The highest BCUT2D eigenvalue weighted by Crippen LogP contribution is 2.34. The number of carbonyl (C=O) groups excluding carboxylic acids is 1. The molecule has 6 heteroatoms. The quantitative estimate of drug-likeness (QED) is 0.715. The van der Waals surface area contributed by atoms with Crippen LogP contribution in [0.4, 0.5) is 0 Å². The molecule has 1 amide bonds. The van der Waals surface area contributed by atoms with Gasteiger partial charge in [-0.3, -0.25) is 4.79 Å². The second kappa shape index (κ2) is 7.48. The molecule has 0 saturated carbocycles. The minimum absolute atomic E-state index is 0.0775. The van der Waals surface area contributed by atoms with Crippen molar-refractivity contribution in [3.05, 3.63) is 65.1 Å². The Morgan fingerprint density at radius 2 is 2.04 bits per heavy atom. The van der Waals surface area contributed by atoms with Crippen LogP contribution >= 0.6 is 11.6 Å². The second-order valence-corrected chi connectivity index (χ2v) is 6.84. The summed E-state index contributed by atoms with van der Waals surface area (Å²) in [5.41, 5.74) is 3.15. The van der Waals surface area contributed by atoms with Crippen LogP contribution in [0.25, 0.3) is 10.9 Å². The third-order valence-corrected chi connectivity index (χ3v) is 5.12. The summed E-state index contributed by atoms with van der Waals surface area (Å²) in [4.78, 5) is 22.3. The number of rotatable bonds is 4. The molecular formula is C20H20ClN3O2. The molecule has 1 aliphatic heterocycles. The highest BCUT2D eigenvalue weighted by atomic mass is 35.5. The monoisotopic (exact) mass is 369 g/mol. The summed E-state index contributed by atoms with van der Waals surface area (Å²) in [6.07, 6.45) is 4.16. The van der Waals surface area contributed by atoms with Crippen molar-refractivity contribution in [1.29, 1.82) is 0 Å². The average Bonchev–Trinajstić information content (AvgIpc) is 3.11. The lowest BCUT2D eigenvalue weighted by Gasteiger charge is -2.28. The number of morpholine rings is 1. The number of benzene rings is 1. The first kappa shape index (κ1) is 17.1. The van der Waals surface area contributed by atoms with E-state index in [1.807, 2.05) is 35.4 Å². The zero-order valence-electron chi connectivity index (χ0n) is 14.3. The first-order valence-electron chi connectivity index (χ1n) is 8.75. The number of carbonyl (C=O) groups is 1. The lowest BCUT2D eigenvalue weighted by molar-refractivity contribution is -0.135. The van der Waals surface area contributed by atoms with Crippen molar-refractivity contribution in [2.24, 2.45) is 0 Å². The normalized spacial score (nSPS) is 16.0. The molecule has 2 aromatic heterocycles. The summed E-state index contributed by atoms with van der Waals surface area (Å²) in [5.74, 6) is 0.0600. The maximum atomic E-state index is 12.9. The Kier molecular flexibility index (Phi) is 4.91. The molecule has 1 fully saturated rings. The van der Waals surface area contributed by atoms with Crippen LogP contribution in [0.3, 0.4) is 0 Å². The van der Waals surface area contributed by atoms with Crippen molar-refractivity contribution < 1.29 is 9.53 Å². The molecule has 1 atom stereocenters. The Balaban J connectivity index is 1.69. The average molecular weight is 370 g/mol. The Labute approximate surface area is 156 Å². The van der Waals surface area contributed by atoms with Crippen LogP contribution in [-0.4, -0.2) is 47.1 Å². The van der Waals surface area contributed by atoms with E-state index in [-0.39, 0.29) is 11.8 Å². The number of ether oxygens (including phenoxy) is 1. The molecule has 1 aromatic carbocycles. The molecule has 4 rings (SSSR count). The van der Waals surface area contributed by atoms with Gasteiger partial charge in [0.05, 0.1) is 13.2 Å². The first-order valence-corrected chi connectivity index (χ1v) is 9.13. The predicted molar refractivity (Wildman–Crippen MR) is 101 cm³/mol. The summed E-state index contributed by atoms with van der Waals surface area (Å²) in [5, 5.41) is 1.58. The molecule has 3 aromatic rings. The third kappa shape index (κ3) is 3.45. The van der Waals surface area contributed by atoms with E-state index in [1.54, 1.807) is 12.3 Å². The van der Waals surface area contributed by atoms with Gasteiger partial charge in [0.1, 0.15) is 5.15 Å². The third-order valence-electron chi connectivity index (χ3n) is 4.89. The van der Waals surface area contributed by atoms with Crippen LogP contribution in [-0.2, 0) is 9.53 Å². The van der Waals surface area contributed by atoms with Gasteiger partial charge < -0.3 is 14.6 Å². The van der Waals surface area contributed by atoms with Gasteiger partial charge in [-0.05, 0) is 23.3 Å². The van der Waals surface area contributed by atoms with E-state index in [1.165, 1.54) is 0 Å². The van der Waals surface area contributed by atoms with E-state index >= 15 is 0 Å². The number of aromatic nitrogens is 2. The number of aromatic amines is 1. The standard InChI is InChI=1S/C20H20ClN3O2/c21-19-6-5-14(12-23-19)16(11-20(25)24-7-9-26-10-8-24)17-13-22-18-4-2-1-3-15(17)18/h1-6,12-13,16,22H,7-11H2. The van der Waals surface area contributed by atoms with Crippen LogP contribution in [0, 0.1) is 0 Å². The van der Waals surface area contributed by atoms with Gasteiger partial charge in [0, 0.05) is 48.7 Å². The van der Waals surface area contributed by atoms with Gasteiger partial charge in [-0.2, -0.15) is 0 Å². The number of pyridine rings is 1. The molecule has 0 radical (unpaired) electrons. The number of amides is 1. The second-order valence-electron chi connectivity index (χ2n) is 6.45. The number of nitrogens with zero attached hydrogens (tertiary/aromatic N) is 2. The zero-order valence-corrected chi connectivity index (χ0v) is 15.1. The van der Waals surface area contributed by atoms with E-state index in [9.17, 15) is 4.79 Å². The largest absolute Gasteiger partial charge is 0.378 e. The number of fused-ring (bicyclic) bond motifs is 1. The number of hydrogen-bond acceptors (Lipinski definition) is 3. The molecule has 3 heterocycles. The van der Waals surface area contributed by atoms with Crippen LogP contribution in [0.2, 0.25) is 5.15 Å². The summed E-state index contributed by atoms with van der Waals surface area (Å²) in [6.45, 7) is 2.51. The fourth-order valence-corrected chi connectivity index (χ4v) is 3.61.